The van der Waals surface area contributed by atoms with Gasteiger partial charge in [0, 0.05) is 12.1 Å². The Morgan fingerprint density at radius 3 is 2.55 bits per heavy atom. The monoisotopic (exact) mass is 275 g/mol. The van der Waals surface area contributed by atoms with Crippen LogP contribution in [0.2, 0.25) is 0 Å². The molecule has 1 N–H and O–H groups in total. The molecule has 1 heterocycles. The highest BCUT2D eigenvalue weighted by molar-refractivity contribution is 5.92. The molecule has 0 aromatic heterocycles. The minimum absolute atomic E-state index is 0.119. The Kier molecular flexibility index (Phi) is 4.45. The molecule has 1 fully saturated rings. The smallest absolute Gasteiger partial charge is 0.246 e. The van der Waals surface area contributed by atoms with Crippen molar-refractivity contribution < 1.29 is 14.3 Å². The number of epoxide rings is 1. The van der Waals surface area contributed by atoms with Crippen LogP contribution < -0.4 is 10.1 Å². The van der Waals surface area contributed by atoms with Crippen LogP contribution in [0.5, 0.6) is 5.75 Å². The molecule has 0 radical (unpaired) electrons. The molecule has 20 heavy (non-hydrogen) atoms. The van der Waals surface area contributed by atoms with E-state index in [1.165, 1.54) is 0 Å². The number of rotatable bonds is 6. The highest BCUT2D eigenvalue weighted by Crippen LogP contribution is 2.26. The van der Waals surface area contributed by atoms with Crippen molar-refractivity contribution in [3.63, 3.8) is 0 Å². The number of hydrogen-bond acceptors (Lipinski definition) is 3. The summed E-state index contributed by atoms with van der Waals surface area (Å²) in [5.74, 6) is 0.794. The Hall–Kier alpha value is -1.81. The topological polar surface area (TPSA) is 50.9 Å². The molecule has 1 aromatic rings. The lowest BCUT2D eigenvalue weighted by molar-refractivity contribution is -0.117. The third-order valence-corrected chi connectivity index (χ3v) is 3.18. The van der Waals surface area contributed by atoms with Crippen LogP contribution in [0, 0.1) is 13.8 Å². The Bertz CT molecular complexity index is 510. The second-order valence-electron chi connectivity index (χ2n) is 5.29. The number of benzene rings is 1. The molecule has 2 rings (SSSR count). The third kappa shape index (κ3) is 3.84. The van der Waals surface area contributed by atoms with Crippen LogP contribution in [-0.4, -0.2) is 25.2 Å². The van der Waals surface area contributed by atoms with Gasteiger partial charge in [-0.15, -0.1) is 0 Å². The fourth-order valence-electron chi connectivity index (χ4n) is 2.04. The summed E-state index contributed by atoms with van der Waals surface area (Å²) >= 11 is 0. The van der Waals surface area contributed by atoms with Crippen LogP contribution in [0.3, 0.4) is 0 Å². The van der Waals surface area contributed by atoms with E-state index >= 15 is 0 Å². The minimum Gasteiger partial charge on any atom is -0.490 e. The average molecular weight is 275 g/mol. The first-order chi connectivity index (χ1) is 9.47. The van der Waals surface area contributed by atoms with Gasteiger partial charge in [0.2, 0.25) is 5.91 Å². The quantitative estimate of drug-likeness (QED) is 0.640. The molecule has 0 spiro atoms. The van der Waals surface area contributed by atoms with Gasteiger partial charge in [-0.1, -0.05) is 18.7 Å². The summed E-state index contributed by atoms with van der Waals surface area (Å²) < 4.78 is 10.9. The molecule has 108 valence electrons. The van der Waals surface area contributed by atoms with Crippen molar-refractivity contribution in [3.8, 4) is 5.75 Å². The zero-order valence-electron chi connectivity index (χ0n) is 12.3. The molecule has 4 nitrogen and oxygen atoms in total. The molecule has 1 amide bonds. The van der Waals surface area contributed by atoms with E-state index < -0.39 is 0 Å². The summed E-state index contributed by atoms with van der Waals surface area (Å²) in [4.78, 5) is 11.5. The molecular weight excluding hydrogens is 254 g/mol. The van der Waals surface area contributed by atoms with Gasteiger partial charge in [0.05, 0.1) is 6.61 Å². The van der Waals surface area contributed by atoms with E-state index in [1.807, 2.05) is 26.0 Å². The molecule has 1 aliphatic rings. The zero-order chi connectivity index (χ0) is 14.7. The lowest BCUT2D eigenvalue weighted by Crippen LogP contribution is -2.23. The first kappa shape index (κ1) is 14.6. The highest BCUT2D eigenvalue weighted by Gasteiger charge is 2.23. The first-order valence-electron chi connectivity index (χ1n) is 6.75. The van der Waals surface area contributed by atoms with E-state index in [1.54, 1.807) is 6.92 Å². The van der Waals surface area contributed by atoms with Crippen LogP contribution in [0.1, 0.15) is 23.6 Å². The standard InChI is InChI=1S/C16H21NO3/c1-10(2)16(18)17-7-13-5-11(3)15(12(4)6-13)20-9-14-8-19-14/h5-6,14H,1,7-9H2,2-4H3,(H,17,18). The summed E-state index contributed by atoms with van der Waals surface area (Å²) in [7, 11) is 0. The number of hydrogen-bond donors (Lipinski definition) is 1. The fourth-order valence-corrected chi connectivity index (χ4v) is 2.04. The van der Waals surface area contributed by atoms with Gasteiger partial charge in [0.25, 0.3) is 0 Å². The van der Waals surface area contributed by atoms with Crippen molar-refractivity contribution in [1.82, 2.24) is 5.32 Å². The number of amides is 1. The lowest BCUT2D eigenvalue weighted by Gasteiger charge is -2.14. The number of carbonyl (C=O) groups excluding carboxylic acids is 1. The largest absolute Gasteiger partial charge is 0.490 e. The van der Waals surface area contributed by atoms with Gasteiger partial charge in [0.1, 0.15) is 18.5 Å². The summed E-state index contributed by atoms with van der Waals surface area (Å²) in [6.07, 6.45) is 0.253. The van der Waals surface area contributed by atoms with Gasteiger partial charge in [-0.3, -0.25) is 4.79 Å². The van der Waals surface area contributed by atoms with Crippen LogP contribution in [0.4, 0.5) is 0 Å². The van der Waals surface area contributed by atoms with E-state index in [-0.39, 0.29) is 12.0 Å². The zero-order valence-corrected chi connectivity index (χ0v) is 12.3. The van der Waals surface area contributed by atoms with Gasteiger partial charge in [-0.2, -0.15) is 0 Å². The molecule has 1 unspecified atom stereocenters. The summed E-state index contributed by atoms with van der Waals surface area (Å²) in [6.45, 7) is 11.2. The fraction of sp³-hybridized carbons (Fsp3) is 0.438. The molecule has 1 atom stereocenters. The number of ether oxygens (including phenoxy) is 2. The van der Waals surface area contributed by atoms with Crippen LogP contribution >= 0.6 is 0 Å². The van der Waals surface area contributed by atoms with E-state index in [9.17, 15) is 4.79 Å². The van der Waals surface area contributed by atoms with Crippen molar-refractivity contribution in [2.75, 3.05) is 13.2 Å². The van der Waals surface area contributed by atoms with Crippen LogP contribution in [-0.2, 0) is 16.1 Å². The van der Waals surface area contributed by atoms with Crippen molar-refractivity contribution in [2.24, 2.45) is 0 Å². The maximum atomic E-state index is 11.5. The van der Waals surface area contributed by atoms with Crippen LogP contribution in [0.15, 0.2) is 24.3 Å². The Morgan fingerprint density at radius 1 is 1.45 bits per heavy atom. The van der Waals surface area contributed by atoms with Crippen molar-refractivity contribution in [1.29, 1.82) is 0 Å². The minimum atomic E-state index is -0.119. The maximum Gasteiger partial charge on any atom is 0.246 e. The van der Waals surface area contributed by atoms with Gasteiger partial charge in [0.15, 0.2) is 0 Å². The number of carbonyl (C=O) groups is 1. The number of nitrogens with one attached hydrogen (secondary N) is 1. The van der Waals surface area contributed by atoms with Crippen molar-refractivity contribution >= 4 is 5.91 Å². The first-order valence-corrected chi connectivity index (χ1v) is 6.75. The van der Waals surface area contributed by atoms with Crippen molar-refractivity contribution in [2.45, 2.75) is 33.4 Å². The Labute approximate surface area is 119 Å². The predicted octanol–water partition coefficient (Wildman–Crippen LogP) is 2.27. The predicted molar refractivity (Wildman–Crippen MR) is 77.8 cm³/mol. The summed E-state index contributed by atoms with van der Waals surface area (Å²) in [5, 5.41) is 2.83. The molecule has 4 heteroatoms. The summed E-state index contributed by atoms with van der Waals surface area (Å²) in [5.41, 5.74) is 3.72. The van der Waals surface area contributed by atoms with E-state index in [0.29, 0.717) is 18.7 Å². The highest BCUT2D eigenvalue weighted by atomic mass is 16.6. The van der Waals surface area contributed by atoms with Gasteiger partial charge >= 0.3 is 0 Å². The Balaban J connectivity index is 2.00. The normalized spacial score (nSPS) is 16.6. The second-order valence-corrected chi connectivity index (χ2v) is 5.29. The van der Waals surface area contributed by atoms with Crippen molar-refractivity contribution in [3.05, 3.63) is 41.0 Å². The van der Waals surface area contributed by atoms with Gasteiger partial charge < -0.3 is 14.8 Å². The maximum absolute atomic E-state index is 11.5. The molecule has 1 aliphatic heterocycles. The molecule has 0 bridgehead atoms. The van der Waals surface area contributed by atoms with E-state index in [0.717, 1.165) is 29.0 Å². The third-order valence-electron chi connectivity index (χ3n) is 3.18. The molecular formula is C16H21NO3. The van der Waals surface area contributed by atoms with Gasteiger partial charge in [-0.05, 0) is 37.5 Å². The molecule has 0 saturated carbocycles. The van der Waals surface area contributed by atoms with Crippen LogP contribution in [0.25, 0.3) is 0 Å². The molecule has 0 aliphatic carbocycles. The number of aryl methyl sites for hydroxylation is 2. The molecule has 1 aromatic carbocycles. The van der Waals surface area contributed by atoms with E-state index in [4.69, 9.17) is 9.47 Å². The average Bonchev–Trinajstić information content (AvgIpc) is 3.18. The summed E-state index contributed by atoms with van der Waals surface area (Å²) in [6, 6.07) is 4.07. The molecule has 1 saturated heterocycles. The SMILES string of the molecule is C=C(C)C(=O)NCc1cc(C)c(OCC2CO2)c(C)c1. The second kappa shape index (κ2) is 6.09. The van der Waals surface area contributed by atoms with E-state index in [2.05, 4.69) is 11.9 Å². The lowest BCUT2D eigenvalue weighted by atomic mass is 10.1. The van der Waals surface area contributed by atoms with Gasteiger partial charge in [-0.25, -0.2) is 0 Å². The Morgan fingerprint density at radius 2 is 2.05 bits per heavy atom.